The van der Waals surface area contributed by atoms with Crippen LogP contribution in [0.4, 0.5) is 5.69 Å². The monoisotopic (exact) mass is 614 g/mol. The van der Waals surface area contributed by atoms with Crippen molar-refractivity contribution in [3.05, 3.63) is 111 Å². The van der Waals surface area contributed by atoms with Crippen molar-refractivity contribution >= 4 is 29.8 Å². The third-order valence-corrected chi connectivity index (χ3v) is 4.22. The number of phenols is 1. The van der Waals surface area contributed by atoms with Crippen molar-refractivity contribution in [2.75, 3.05) is 26.4 Å². The van der Waals surface area contributed by atoms with E-state index in [0.717, 1.165) is 18.3 Å². The number of aliphatic hydroxyl groups is 4. The largest absolute Gasteiger partial charge is 0.508 e. The van der Waals surface area contributed by atoms with Crippen molar-refractivity contribution in [1.82, 2.24) is 10.7 Å². The van der Waals surface area contributed by atoms with Gasteiger partial charge in [-0.1, -0.05) is 48.5 Å². The van der Waals surface area contributed by atoms with Gasteiger partial charge in [-0.15, -0.1) is 0 Å². The van der Waals surface area contributed by atoms with Gasteiger partial charge in [-0.2, -0.15) is 5.10 Å². The number of benzene rings is 3. The number of hydrazone groups is 1. The van der Waals surface area contributed by atoms with E-state index >= 15 is 0 Å². The predicted molar refractivity (Wildman–Crippen MR) is 170 cm³/mol. The second-order valence-electron chi connectivity index (χ2n) is 7.75. The molecule has 240 valence electrons. The first-order valence-electron chi connectivity index (χ1n) is 13.5. The van der Waals surface area contributed by atoms with E-state index in [1.165, 1.54) is 12.1 Å². The van der Waals surface area contributed by atoms with Crippen LogP contribution in [0.3, 0.4) is 0 Å². The Kier molecular flexibility index (Phi) is 25.2. The molecule has 44 heavy (non-hydrogen) atoms. The van der Waals surface area contributed by atoms with Crippen LogP contribution in [0.25, 0.3) is 6.08 Å². The molecule has 3 aromatic carbocycles. The molecule has 0 atom stereocenters. The van der Waals surface area contributed by atoms with E-state index in [9.17, 15) is 24.8 Å². The predicted octanol–water partition coefficient (Wildman–Crippen LogP) is 3.22. The molecule has 3 aromatic rings. The summed E-state index contributed by atoms with van der Waals surface area (Å²) in [6, 6.07) is 20.7. The van der Waals surface area contributed by atoms with Crippen molar-refractivity contribution < 1.29 is 40.0 Å². The zero-order valence-electron chi connectivity index (χ0n) is 25.3. The summed E-state index contributed by atoms with van der Waals surface area (Å²) in [5, 5.41) is 57.2. The number of phenolic OH excluding ortho intramolecular Hbond substituents is 1. The van der Waals surface area contributed by atoms with Crippen molar-refractivity contribution in [3.63, 3.8) is 0 Å². The average Bonchev–Trinajstić information content (AvgIpc) is 2.99. The topological polar surface area (TPSA) is 215 Å². The van der Waals surface area contributed by atoms with Crippen LogP contribution < -0.4 is 10.7 Å². The van der Waals surface area contributed by atoms with E-state index in [1.54, 1.807) is 82.3 Å². The van der Waals surface area contributed by atoms with Gasteiger partial charge in [0.2, 0.25) is 0 Å². The smallest absolute Gasteiger partial charge is 0.287 e. The quantitative estimate of drug-likeness (QED) is 0.0899. The van der Waals surface area contributed by atoms with Gasteiger partial charge in [0, 0.05) is 38.1 Å². The van der Waals surface area contributed by atoms with Gasteiger partial charge < -0.3 is 30.8 Å². The summed E-state index contributed by atoms with van der Waals surface area (Å²) in [7, 11) is 0. The van der Waals surface area contributed by atoms with E-state index in [1.807, 2.05) is 6.07 Å². The summed E-state index contributed by atoms with van der Waals surface area (Å²) in [6.45, 7) is 7.72. The van der Waals surface area contributed by atoms with E-state index < -0.39 is 16.7 Å². The van der Waals surface area contributed by atoms with Gasteiger partial charge >= 0.3 is 0 Å². The molecule has 0 aliphatic heterocycles. The Bertz CT molecular complexity index is 1260. The van der Waals surface area contributed by atoms with Crippen molar-refractivity contribution in [1.29, 1.82) is 0 Å². The first-order valence-corrected chi connectivity index (χ1v) is 13.5. The Morgan fingerprint density at radius 3 is 1.77 bits per heavy atom. The van der Waals surface area contributed by atoms with Gasteiger partial charge in [0.1, 0.15) is 11.4 Å². The lowest BCUT2D eigenvalue weighted by Gasteiger charge is -2.09. The lowest BCUT2D eigenvalue weighted by Crippen LogP contribution is -2.32. The minimum Gasteiger partial charge on any atom is -0.508 e. The molecule has 0 saturated heterocycles. The molecule has 0 fully saturated rings. The number of nitrogens with zero attached hydrogens (tertiary/aromatic N) is 2. The van der Waals surface area contributed by atoms with E-state index in [4.69, 9.17) is 20.4 Å². The normalized spacial score (nSPS) is 9.77. The molecule has 7 N–H and O–H groups in total. The summed E-state index contributed by atoms with van der Waals surface area (Å²) < 4.78 is 0. The van der Waals surface area contributed by atoms with Crippen LogP contribution in [0.5, 0.6) is 5.75 Å². The SMILES string of the molecule is CCO.CCO.CCO.CCO.O=C(N/N=C/c1cc(O)ccc1[N+](=O)[O-])/C(=C/c1ccccc1)NC(=O)c1ccccc1. The van der Waals surface area contributed by atoms with Crippen molar-refractivity contribution in [2.45, 2.75) is 27.7 Å². The Balaban J connectivity index is 0. The number of carbonyl (C=O) groups is 2. The minimum atomic E-state index is -0.739. The summed E-state index contributed by atoms with van der Waals surface area (Å²) in [5.74, 6) is -1.42. The molecule has 0 aliphatic rings. The summed E-state index contributed by atoms with van der Waals surface area (Å²) >= 11 is 0. The highest BCUT2D eigenvalue weighted by molar-refractivity contribution is 6.05. The number of amides is 2. The Labute approximate surface area is 257 Å². The number of nitrogens with one attached hydrogen (secondary N) is 2. The fourth-order valence-corrected chi connectivity index (χ4v) is 2.69. The highest BCUT2D eigenvalue weighted by Crippen LogP contribution is 2.21. The number of aliphatic hydroxyl groups excluding tert-OH is 4. The molecule has 0 heterocycles. The highest BCUT2D eigenvalue weighted by atomic mass is 16.6. The van der Waals surface area contributed by atoms with Crippen LogP contribution in [-0.2, 0) is 4.79 Å². The molecular weight excluding hydrogens is 572 g/mol. The standard InChI is InChI=1S/C23H18N4O5.4C2H6O/c28-19-11-12-21(27(31)32)18(14-19)15-24-26-23(30)20(13-16-7-3-1-4-8-16)25-22(29)17-9-5-2-6-10-17;4*1-2-3/h1-15,28H,(H,25,29)(H,26,30);4*3H,2H2,1H3/b20-13-,24-15+;;;;. The molecule has 13 heteroatoms. The van der Waals surface area contributed by atoms with Gasteiger partial charge in [0.15, 0.2) is 0 Å². The molecule has 0 unspecified atom stereocenters. The average molecular weight is 615 g/mol. The summed E-state index contributed by atoms with van der Waals surface area (Å²) in [5.41, 5.74) is 2.89. The molecule has 13 nitrogen and oxygen atoms in total. The lowest BCUT2D eigenvalue weighted by atomic mass is 10.1. The van der Waals surface area contributed by atoms with Crippen LogP contribution in [0.1, 0.15) is 49.2 Å². The molecule has 0 aromatic heterocycles. The molecule has 0 bridgehead atoms. The first kappa shape index (κ1) is 41.2. The zero-order chi connectivity index (χ0) is 33.8. The van der Waals surface area contributed by atoms with Crippen LogP contribution in [0.15, 0.2) is 89.7 Å². The maximum absolute atomic E-state index is 12.7. The van der Waals surface area contributed by atoms with Gasteiger partial charge in [0.25, 0.3) is 17.5 Å². The van der Waals surface area contributed by atoms with Crippen LogP contribution in [0.2, 0.25) is 0 Å². The van der Waals surface area contributed by atoms with Gasteiger partial charge in [-0.05, 0) is 63.6 Å². The maximum atomic E-state index is 12.7. The van der Waals surface area contributed by atoms with Crippen molar-refractivity contribution in [2.24, 2.45) is 5.10 Å². The zero-order valence-corrected chi connectivity index (χ0v) is 25.3. The van der Waals surface area contributed by atoms with E-state index in [0.29, 0.717) is 11.1 Å². The highest BCUT2D eigenvalue weighted by Gasteiger charge is 2.15. The molecule has 0 radical (unpaired) electrons. The number of rotatable bonds is 7. The van der Waals surface area contributed by atoms with Crippen molar-refractivity contribution in [3.8, 4) is 5.75 Å². The Morgan fingerprint density at radius 2 is 1.30 bits per heavy atom. The molecule has 3 rings (SSSR count). The fraction of sp³-hybridized carbons (Fsp3) is 0.258. The molecule has 2 amide bonds. The number of nitro benzene ring substituents is 1. The Hall–Kier alpha value is -4.95. The second kappa shape index (κ2) is 26.9. The van der Waals surface area contributed by atoms with E-state index in [-0.39, 0.29) is 49.1 Å². The molecule has 0 spiro atoms. The minimum absolute atomic E-state index is 0.00258. The molecule has 0 aliphatic carbocycles. The number of hydrogen-bond acceptors (Lipinski definition) is 10. The number of hydrogen-bond donors (Lipinski definition) is 7. The Morgan fingerprint density at radius 1 is 0.818 bits per heavy atom. The third-order valence-electron chi connectivity index (χ3n) is 4.22. The fourth-order valence-electron chi connectivity index (χ4n) is 2.69. The lowest BCUT2D eigenvalue weighted by molar-refractivity contribution is -0.385. The van der Waals surface area contributed by atoms with Gasteiger partial charge in [0.05, 0.1) is 16.7 Å². The van der Waals surface area contributed by atoms with Crippen LogP contribution in [0, 0.1) is 10.1 Å². The van der Waals surface area contributed by atoms with Crippen LogP contribution >= 0.6 is 0 Å². The molecular formula is C31H42N4O9. The van der Waals surface area contributed by atoms with Gasteiger partial charge in [-0.3, -0.25) is 19.7 Å². The third kappa shape index (κ3) is 19.2. The van der Waals surface area contributed by atoms with Gasteiger partial charge in [-0.25, -0.2) is 5.43 Å². The second-order valence-corrected chi connectivity index (χ2v) is 7.75. The molecule has 0 saturated carbocycles. The number of carbonyl (C=O) groups excluding carboxylic acids is 2. The maximum Gasteiger partial charge on any atom is 0.287 e. The first-order chi connectivity index (χ1) is 21.1. The van der Waals surface area contributed by atoms with E-state index in [2.05, 4.69) is 15.8 Å². The van der Waals surface area contributed by atoms with Crippen LogP contribution in [-0.4, -0.2) is 74.9 Å². The number of nitro groups is 1. The summed E-state index contributed by atoms with van der Waals surface area (Å²) in [6.07, 6.45) is 2.51. The number of aromatic hydroxyl groups is 1. The summed E-state index contributed by atoms with van der Waals surface area (Å²) in [4.78, 5) is 35.7.